The van der Waals surface area contributed by atoms with Crippen molar-refractivity contribution in [3.63, 3.8) is 0 Å². The van der Waals surface area contributed by atoms with Gasteiger partial charge in [-0.15, -0.1) is 11.3 Å². The van der Waals surface area contributed by atoms with Crippen molar-refractivity contribution in [2.45, 2.75) is 26.2 Å². The summed E-state index contributed by atoms with van der Waals surface area (Å²) in [6, 6.07) is 10.6. The maximum atomic E-state index is 5.58. The molecular weight excluding hydrogens is 228 g/mol. The summed E-state index contributed by atoms with van der Waals surface area (Å²) in [6.45, 7) is 2.79. The third kappa shape index (κ3) is 3.38. The Morgan fingerprint density at radius 1 is 1.12 bits per heavy atom. The average Bonchev–Trinajstić information content (AvgIpc) is 2.70. The molecule has 2 N–H and O–H groups in total. The molecule has 0 radical (unpaired) electrons. The molecule has 0 aliphatic rings. The molecule has 0 bridgehead atoms. The highest BCUT2D eigenvalue weighted by atomic mass is 32.1. The fourth-order valence-electron chi connectivity index (χ4n) is 1.85. The number of nitrogens with two attached hydrogens (primary N) is 1. The number of aromatic nitrogens is 1. The Morgan fingerprint density at radius 3 is 2.59 bits per heavy atom. The Hall–Kier alpha value is -1.19. The minimum absolute atomic E-state index is 0.709. The topological polar surface area (TPSA) is 38.9 Å². The van der Waals surface area contributed by atoms with Gasteiger partial charge < -0.3 is 5.73 Å². The number of nitrogens with zero attached hydrogens (tertiary/aromatic N) is 1. The van der Waals surface area contributed by atoms with Crippen molar-refractivity contribution in [3.05, 3.63) is 51.5 Å². The molecule has 0 aliphatic carbocycles. The van der Waals surface area contributed by atoms with Crippen molar-refractivity contribution < 1.29 is 0 Å². The van der Waals surface area contributed by atoms with E-state index in [2.05, 4.69) is 42.2 Å². The predicted molar refractivity (Wildman–Crippen MR) is 73.5 cm³/mol. The van der Waals surface area contributed by atoms with E-state index in [4.69, 9.17) is 5.73 Å². The smallest absolute Gasteiger partial charge is 0.0934 e. The monoisotopic (exact) mass is 246 g/mol. The molecule has 0 atom stereocenters. The number of rotatable bonds is 5. The van der Waals surface area contributed by atoms with Crippen molar-refractivity contribution in [3.8, 4) is 0 Å². The van der Waals surface area contributed by atoms with Crippen LogP contribution in [0.25, 0.3) is 0 Å². The molecule has 0 amide bonds. The molecule has 0 unspecified atom stereocenters. The normalized spacial score (nSPS) is 10.7. The van der Waals surface area contributed by atoms with Gasteiger partial charge >= 0.3 is 0 Å². The van der Waals surface area contributed by atoms with E-state index in [0.29, 0.717) is 6.54 Å². The predicted octanol–water partition coefficient (Wildman–Crippen LogP) is 2.74. The minimum atomic E-state index is 0.709. The van der Waals surface area contributed by atoms with Gasteiger partial charge in [0.1, 0.15) is 0 Å². The first-order valence-corrected chi connectivity index (χ1v) is 6.80. The third-order valence-electron chi connectivity index (χ3n) is 2.78. The molecule has 0 saturated heterocycles. The van der Waals surface area contributed by atoms with Crippen molar-refractivity contribution in [2.24, 2.45) is 5.73 Å². The summed E-state index contributed by atoms with van der Waals surface area (Å²) in [7, 11) is 0. The highest BCUT2D eigenvalue weighted by molar-refractivity contribution is 7.11. The van der Waals surface area contributed by atoms with E-state index >= 15 is 0 Å². The highest BCUT2D eigenvalue weighted by Crippen LogP contribution is 2.19. The quantitative estimate of drug-likeness (QED) is 0.881. The van der Waals surface area contributed by atoms with Crippen molar-refractivity contribution in [1.82, 2.24) is 4.98 Å². The van der Waals surface area contributed by atoms with Gasteiger partial charge in [0.05, 0.1) is 10.7 Å². The molecule has 2 rings (SSSR count). The Balaban J connectivity index is 1.97. The number of hydrogen-bond acceptors (Lipinski definition) is 3. The molecular formula is C14H18N2S. The van der Waals surface area contributed by atoms with Gasteiger partial charge in [0.25, 0.3) is 0 Å². The van der Waals surface area contributed by atoms with E-state index in [0.717, 1.165) is 25.0 Å². The zero-order valence-corrected chi connectivity index (χ0v) is 11.0. The molecule has 3 heteroatoms. The summed E-state index contributed by atoms with van der Waals surface area (Å²) >= 11 is 1.81. The van der Waals surface area contributed by atoms with Crippen LogP contribution in [0, 0.1) is 6.92 Å². The van der Waals surface area contributed by atoms with Gasteiger partial charge in [0, 0.05) is 11.3 Å². The molecule has 2 nitrogen and oxygen atoms in total. The SMILES string of the molecule is Cc1nc(CCc2ccccc2)sc1CCN. The molecule has 0 aliphatic heterocycles. The van der Waals surface area contributed by atoms with E-state index in [9.17, 15) is 0 Å². The Labute approximate surface area is 107 Å². The second kappa shape index (κ2) is 5.94. The summed E-state index contributed by atoms with van der Waals surface area (Å²) < 4.78 is 0. The lowest BCUT2D eigenvalue weighted by atomic mass is 10.1. The molecule has 17 heavy (non-hydrogen) atoms. The van der Waals surface area contributed by atoms with E-state index in [-0.39, 0.29) is 0 Å². The summed E-state index contributed by atoms with van der Waals surface area (Å²) in [4.78, 5) is 5.95. The van der Waals surface area contributed by atoms with Crippen LogP contribution >= 0.6 is 11.3 Å². The van der Waals surface area contributed by atoms with E-state index < -0.39 is 0 Å². The lowest BCUT2D eigenvalue weighted by Crippen LogP contribution is -2.01. The first kappa shape index (κ1) is 12.3. The highest BCUT2D eigenvalue weighted by Gasteiger charge is 2.06. The van der Waals surface area contributed by atoms with Gasteiger partial charge in [-0.05, 0) is 31.9 Å². The second-order valence-electron chi connectivity index (χ2n) is 4.14. The Morgan fingerprint density at radius 2 is 1.88 bits per heavy atom. The van der Waals surface area contributed by atoms with Crippen LogP contribution in [0.3, 0.4) is 0 Å². The Bertz CT molecular complexity index is 462. The average molecular weight is 246 g/mol. The van der Waals surface area contributed by atoms with Gasteiger partial charge in [0.2, 0.25) is 0 Å². The number of hydrogen-bond donors (Lipinski definition) is 1. The van der Waals surface area contributed by atoms with Gasteiger partial charge in [-0.25, -0.2) is 4.98 Å². The van der Waals surface area contributed by atoms with Gasteiger partial charge in [-0.1, -0.05) is 30.3 Å². The molecule has 0 spiro atoms. The molecule has 2 aromatic rings. The van der Waals surface area contributed by atoms with Gasteiger partial charge in [-0.2, -0.15) is 0 Å². The van der Waals surface area contributed by atoms with E-state index in [1.807, 2.05) is 11.3 Å². The molecule has 0 saturated carbocycles. The first-order valence-electron chi connectivity index (χ1n) is 5.99. The molecule has 90 valence electrons. The molecule has 1 aromatic carbocycles. The maximum Gasteiger partial charge on any atom is 0.0934 e. The van der Waals surface area contributed by atoms with E-state index in [1.54, 1.807) is 0 Å². The van der Waals surface area contributed by atoms with Crippen LogP contribution in [0.5, 0.6) is 0 Å². The molecule has 1 heterocycles. The van der Waals surface area contributed by atoms with Crippen LogP contribution in [0.2, 0.25) is 0 Å². The van der Waals surface area contributed by atoms with Crippen LogP contribution in [0.15, 0.2) is 30.3 Å². The molecule has 0 fully saturated rings. The largest absolute Gasteiger partial charge is 0.330 e. The summed E-state index contributed by atoms with van der Waals surface area (Å²) in [5.74, 6) is 0. The van der Waals surface area contributed by atoms with Crippen LogP contribution < -0.4 is 5.73 Å². The lowest BCUT2D eigenvalue weighted by Gasteiger charge is -1.97. The fraction of sp³-hybridized carbons (Fsp3) is 0.357. The summed E-state index contributed by atoms with van der Waals surface area (Å²) in [6.07, 6.45) is 3.05. The maximum absolute atomic E-state index is 5.58. The Kier molecular flexibility index (Phi) is 4.29. The molecule has 1 aromatic heterocycles. The van der Waals surface area contributed by atoms with Gasteiger partial charge in [0.15, 0.2) is 0 Å². The zero-order chi connectivity index (χ0) is 12.1. The van der Waals surface area contributed by atoms with Crippen molar-refractivity contribution in [2.75, 3.05) is 6.54 Å². The van der Waals surface area contributed by atoms with Crippen molar-refractivity contribution >= 4 is 11.3 Å². The number of thiazole rings is 1. The van der Waals surface area contributed by atoms with Crippen LogP contribution in [0.4, 0.5) is 0 Å². The van der Waals surface area contributed by atoms with Crippen LogP contribution in [-0.2, 0) is 19.3 Å². The van der Waals surface area contributed by atoms with Crippen LogP contribution in [-0.4, -0.2) is 11.5 Å². The van der Waals surface area contributed by atoms with Crippen molar-refractivity contribution in [1.29, 1.82) is 0 Å². The summed E-state index contributed by atoms with van der Waals surface area (Å²) in [5, 5.41) is 1.23. The minimum Gasteiger partial charge on any atom is -0.330 e. The zero-order valence-electron chi connectivity index (χ0n) is 10.1. The second-order valence-corrected chi connectivity index (χ2v) is 5.31. The number of aryl methyl sites for hydroxylation is 3. The van der Waals surface area contributed by atoms with Gasteiger partial charge in [-0.3, -0.25) is 0 Å². The van der Waals surface area contributed by atoms with Crippen LogP contribution in [0.1, 0.15) is 21.1 Å². The summed E-state index contributed by atoms with van der Waals surface area (Å²) in [5.41, 5.74) is 8.11. The lowest BCUT2D eigenvalue weighted by molar-refractivity contribution is 0.929. The van der Waals surface area contributed by atoms with E-state index in [1.165, 1.54) is 15.4 Å². The fourth-order valence-corrected chi connectivity index (χ4v) is 2.94. The number of benzene rings is 1. The standard InChI is InChI=1S/C14H18N2S/c1-11-13(9-10-15)17-14(16-11)8-7-12-5-3-2-4-6-12/h2-6H,7-10,15H2,1H3. The first-order chi connectivity index (χ1) is 8.29. The third-order valence-corrected chi connectivity index (χ3v) is 4.06.